The maximum Gasteiger partial charge on any atom is 0.227 e. The molecule has 152 valence electrons. The fraction of sp³-hybridized carbons (Fsp3) is 0.348. The lowest BCUT2D eigenvalue weighted by Gasteiger charge is -2.34. The van der Waals surface area contributed by atoms with Crippen LogP contribution in [0.25, 0.3) is 11.0 Å². The minimum absolute atomic E-state index is 0.142. The van der Waals surface area contributed by atoms with Gasteiger partial charge in [-0.2, -0.15) is 0 Å². The van der Waals surface area contributed by atoms with Crippen LogP contribution in [-0.4, -0.2) is 62.1 Å². The number of carbonyl (C=O) groups is 1. The van der Waals surface area contributed by atoms with Crippen molar-refractivity contribution >= 4 is 16.9 Å². The van der Waals surface area contributed by atoms with E-state index in [1.165, 1.54) is 0 Å². The maximum atomic E-state index is 12.8. The molecule has 0 N–H and O–H groups in total. The third-order valence-corrected chi connectivity index (χ3v) is 5.35. The highest BCUT2D eigenvalue weighted by atomic mass is 16.5. The first kappa shape index (κ1) is 19.3. The Balaban J connectivity index is 1.25. The maximum absolute atomic E-state index is 12.8. The summed E-state index contributed by atoms with van der Waals surface area (Å²) < 4.78 is 16.6. The Labute approximate surface area is 170 Å². The smallest absolute Gasteiger partial charge is 0.227 e. The van der Waals surface area contributed by atoms with Gasteiger partial charge in [0, 0.05) is 49.7 Å². The quantitative estimate of drug-likeness (QED) is 0.616. The minimum Gasteiger partial charge on any atom is -0.497 e. The molecule has 29 heavy (non-hydrogen) atoms. The summed E-state index contributed by atoms with van der Waals surface area (Å²) in [5.41, 5.74) is 1.67. The summed E-state index contributed by atoms with van der Waals surface area (Å²) in [4.78, 5) is 17.0. The van der Waals surface area contributed by atoms with Crippen LogP contribution in [0.2, 0.25) is 0 Å². The van der Waals surface area contributed by atoms with E-state index in [4.69, 9.17) is 13.9 Å². The lowest BCUT2D eigenvalue weighted by Crippen LogP contribution is -2.49. The molecule has 0 aliphatic carbocycles. The fourth-order valence-corrected chi connectivity index (χ4v) is 3.63. The Morgan fingerprint density at radius 2 is 1.83 bits per heavy atom. The molecule has 2 aromatic carbocycles. The van der Waals surface area contributed by atoms with Crippen molar-refractivity contribution in [2.45, 2.75) is 6.42 Å². The molecule has 3 aromatic rings. The number of hydrogen-bond donors (Lipinski definition) is 0. The summed E-state index contributed by atoms with van der Waals surface area (Å²) in [5.74, 6) is 1.78. The van der Waals surface area contributed by atoms with Crippen LogP contribution in [0.15, 0.2) is 59.2 Å². The average Bonchev–Trinajstić information content (AvgIpc) is 3.16. The molecule has 1 saturated heterocycles. The van der Waals surface area contributed by atoms with Crippen LogP contribution in [0.5, 0.6) is 11.5 Å². The second kappa shape index (κ2) is 9.01. The molecule has 0 radical (unpaired) electrons. The number of para-hydroxylation sites is 1. The van der Waals surface area contributed by atoms with Gasteiger partial charge in [0.25, 0.3) is 0 Å². The van der Waals surface area contributed by atoms with E-state index in [0.717, 1.165) is 60.8 Å². The monoisotopic (exact) mass is 394 g/mol. The molecule has 0 unspecified atom stereocenters. The first-order valence-electron chi connectivity index (χ1n) is 9.95. The van der Waals surface area contributed by atoms with Gasteiger partial charge in [-0.15, -0.1) is 0 Å². The van der Waals surface area contributed by atoms with Gasteiger partial charge in [0.05, 0.1) is 19.8 Å². The lowest BCUT2D eigenvalue weighted by atomic mass is 10.1. The number of rotatable bonds is 7. The van der Waals surface area contributed by atoms with Crippen molar-refractivity contribution in [1.29, 1.82) is 0 Å². The van der Waals surface area contributed by atoms with Gasteiger partial charge in [0.15, 0.2) is 0 Å². The molecule has 0 atom stereocenters. The highest BCUT2D eigenvalue weighted by Gasteiger charge is 2.22. The summed E-state index contributed by atoms with van der Waals surface area (Å²) in [6.45, 7) is 4.75. The number of ether oxygens (including phenoxy) is 2. The number of nitrogens with zero attached hydrogens (tertiary/aromatic N) is 2. The van der Waals surface area contributed by atoms with Crippen LogP contribution in [0.1, 0.15) is 5.56 Å². The molecule has 1 amide bonds. The summed E-state index contributed by atoms with van der Waals surface area (Å²) in [6, 6.07) is 15.5. The van der Waals surface area contributed by atoms with Gasteiger partial charge < -0.3 is 18.8 Å². The molecular weight excluding hydrogens is 368 g/mol. The number of amides is 1. The average molecular weight is 394 g/mol. The first-order valence-corrected chi connectivity index (χ1v) is 9.95. The van der Waals surface area contributed by atoms with Crippen LogP contribution in [0.3, 0.4) is 0 Å². The molecule has 0 spiro atoms. The van der Waals surface area contributed by atoms with Crippen molar-refractivity contribution in [3.63, 3.8) is 0 Å². The second-order valence-electron chi connectivity index (χ2n) is 7.18. The third kappa shape index (κ3) is 4.71. The molecule has 1 aromatic heterocycles. The molecule has 1 fully saturated rings. The van der Waals surface area contributed by atoms with Crippen LogP contribution in [-0.2, 0) is 11.2 Å². The van der Waals surface area contributed by atoms with E-state index in [2.05, 4.69) is 4.90 Å². The highest BCUT2D eigenvalue weighted by molar-refractivity contribution is 5.88. The highest BCUT2D eigenvalue weighted by Crippen LogP contribution is 2.26. The van der Waals surface area contributed by atoms with Crippen molar-refractivity contribution < 1.29 is 18.7 Å². The lowest BCUT2D eigenvalue weighted by molar-refractivity contribution is -0.132. The Bertz CT molecular complexity index is 946. The van der Waals surface area contributed by atoms with Crippen LogP contribution < -0.4 is 9.47 Å². The van der Waals surface area contributed by atoms with Crippen molar-refractivity contribution in [1.82, 2.24) is 9.80 Å². The van der Waals surface area contributed by atoms with E-state index in [9.17, 15) is 4.79 Å². The van der Waals surface area contributed by atoms with E-state index in [-0.39, 0.29) is 5.91 Å². The summed E-state index contributed by atoms with van der Waals surface area (Å²) in [7, 11) is 1.63. The van der Waals surface area contributed by atoms with Gasteiger partial charge >= 0.3 is 0 Å². The molecule has 6 heteroatoms. The molecule has 4 rings (SSSR count). The molecule has 2 heterocycles. The van der Waals surface area contributed by atoms with E-state index < -0.39 is 0 Å². The SMILES string of the molecule is COc1ccc2c(CC(=O)N3CCN(CCOc4ccccc4)CC3)coc2c1. The van der Waals surface area contributed by atoms with Gasteiger partial charge in [-0.25, -0.2) is 0 Å². The van der Waals surface area contributed by atoms with E-state index in [1.807, 2.05) is 53.4 Å². The molecule has 0 bridgehead atoms. The third-order valence-electron chi connectivity index (χ3n) is 5.35. The van der Waals surface area contributed by atoms with Crippen LogP contribution in [0.4, 0.5) is 0 Å². The Morgan fingerprint density at radius 3 is 2.59 bits per heavy atom. The molecule has 1 aliphatic rings. The first-order chi connectivity index (χ1) is 14.2. The standard InChI is InChI=1S/C23H26N2O4/c1-27-20-7-8-21-18(17-29-22(21)16-20)15-23(26)25-11-9-24(10-12-25)13-14-28-19-5-3-2-4-6-19/h2-8,16-17H,9-15H2,1H3. The van der Waals surface area contributed by atoms with Crippen molar-refractivity contribution in [3.05, 3.63) is 60.4 Å². The van der Waals surface area contributed by atoms with E-state index in [0.29, 0.717) is 13.0 Å². The predicted molar refractivity (Wildman–Crippen MR) is 111 cm³/mol. The predicted octanol–water partition coefficient (Wildman–Crippen LogP) is 3.21. The Hall–Kier alpha value is -2.99. The second-order valence-corrected chi connectivity index (χ2v) is 7.18. The number of piperazine rings is 1. The molecule has 0 saturated carbocycles. The normalized spacial score (nSPS) is 14.9. The van der Waals surface area contributed by atoms with E-state index >= 15 is 0 Å². The summed E-state index contributed by atoms with van der Waals surface area (Å²) in [5, 5.41) is 0.968. The van der Waals surface area contributed by atoms with Gasteiger partial charge in [-0.1, -0.05) is 18.2 Å². The van der Waals surface area contributed by atoms with Crippen molar-refractivity contribution in [2.24, 2.45) is 0 Å². The van der Waals surface area contributed by atoms with Gasteiger partial charge in [-0.3, -0.25) is 9.69 Å². The largest absolute Gasteiger partial charge is 0.497 e. The topological polar surface area (TPSA) is 55.2 Å². The zero-order valence-corrected chi connectivity index (χ0v) is 16.7. The number of fused-ring (bicyclic) bond motifs is 1. The summed E-state index contributed by atoms with van der Waals surface area (Å²) >= 11 is 0. The Morgan fingerprint density at radius 1 is 1.03 bits per heavy atom. The van der Waals surface area contributed by atoms with Gasteiger partial charge in [0.2, 0.25) is 5.91 Å². The number of furan rings is 1. The van der Waals surface area contributed by atoms with Crippen LogP contribution in [0, 0.1) is 0 Å². The zero-order valence-electron chi connectivity index (χ0n) is 16.7. The number of hydrogen-bond acceptors (Lipinski definition) is 5. The number of methoxy groups -OCH3 is 1. The van der Waals surface area contributed by atoms with Gasteiger partial charge in [-0.05, 0) is 24.3 Å². The number of carbonyl (C=O) groups excluding carboxylic acids is 1. The molecular formula is C23H26N2O4. The Kier molecular flexibility index (Phi) is 6.00. The van der Waals surface area contributed by atoms with Gasteiger partial charge in [0.1, 0.15) is 23.7 Å². The summed E-state index contributed by atoms with van der Waals surface area (Å²) in [6.07, 6.45) is 2.04. The van der Waals surface area contributed by atoms with Crippen molar-refractivity contribution in [3.8, 4) is 11.5 Å². The molecule has 6 nitrogen and oxygen atoms in total. The number of benzene rings is 2. The van der Waals surface area contributed by atoms with Crippen molar-refractivity contribution in [2.75, 3.05) is 46.4 Å². The minimum atomic E-state index is 0.142. The fourth-order valence-electron chi connectivity index (χ4n) is 3.63. The van der Waals surface area contributed by atoms with Crippen LogP contribution >= 0.6 is 0 Å². The zero-order chi connectivity index (χ0) is 20.1. The molecule has 1 aliphatic heterocycles. The van der Waals surface area contributed by atoms with E-state index in [1.54, 1.807) is 13.4 Å².